The molecule has 1 N–H and O–H groups in total. The van der Waals surface area contributed by atoms with Gasteiger partial charge in [-0.3, -0.25) is 9.66 Å². The first-order valence-corrected chi connectivity index (χ1v) is 10.7. The van der Waals surface area contributed by atoms with Gasteiger partial charge in [-0.25, -0.2) is 4.68 Å². The van der Waals surface area contributed by atoms with Crippen LogP contribution in [0.3, 0.4) is 0 Å². The van der Waals surface area contributed by atoms with Crippen molar-refractivity contribution in [2.75, 3.05) is 12.0 Å². The van der Waals surface area contributed by atoms with E-state index in [1.807, 2.05) is 53.3 Å². The van der Waals surface area contributed by atoms with Crippen molar-refractivity contribution < 1.29 is 4.74 Å². The summed E-state index contributed by atoms with van der Waals surface area (Å²) in [5, 5.41) is 12.1. The molecule has 8 nitrogen and oxygen atoms in total. The Labute approximate surface area is 191 Å². The molecule has 3 aromatic heterocycles. The number of aryl methyl sites for hydroxylation is 1. The van der Waals surface area contributed by atoms with E-state index >= 15 is 0 Å². The summed E-state index contributed by atoms with van der Waals surface area (Å²) in [4.78, 5) is 6.79. The Hall–Kier alpha value is -3.72. The van der Waals surface area contributed by atoms with E-state index in [4.69, 9.17) is 17.0 Å². The lowest BCUT2D eigenvalue weighted by molar-refractivity contribution is 0.415. The number of pyridine rings is 1. The summed E-state index contributed by atoms with van der Waals surface area (Å²) in [5.74, 6) is 0.801. The van der Waals surface area contributed by atoms with Crippen molar-refractivity contribution in [3.8, 4) is 5.75 Å². The van der Waals surface area contributed by atoms with Crippen molar-refractivity contribution in [3.63, 3.8) is 0 Å². The Balaban J connectivity index is 1.66. The van der Waals surface area contributed by atoms with Crippen LogP contribution in [0.4, 0.5) is 5.69 Å². The standard InChI is InChI=1S/C23H23N7OS/c1-15-12-19(16(2)30(15)28-13-25-26-14-28)22-21(20-6-4-5-11-24-20)27-23(32)29(22)17-7-9-18(31-3)10-8-17/h4-14,21-22H,1-3H3,(H,27,32)/t21-,22+/m0/s1. The van der Waals surface area contributed by atoms with Gasteiger partial charge in [-0.15, -0.1) is 10.2 Å². The SMILES string of the molecule is COc1ccc(N2C(=S)N[C@@H](c3ccccn3)[C@H]2c2cc(C)n(-n3cnnc3)c2C)cc1. The number of anilines is 1. The average Bonchev–Trinajstić information content (AvgIpc) is 3.52. The van der Waals surface area contributed by atoms with E-state index in [2.05, 4.69) is 50.0 Å². The number of thiocarbonyl (C=S) groups is 1. The summed E-state index contributed by atoms with van der Waals surface area (Å²) in [6.07, 6.45) is 5.20. The highest BCUT2D eigenvalue weighted by Crippen LogP contribution is 2.43. The number of aromatic nitrogens is 5. The van der Waals surface area contributed by atoms with E-state index in [9.17, 15) is 0 Å². The van der Waals surface area contributed by atoms with Gasteiger partial charge in [0.1, 0.15) is 18.4 Å². The number of nitrogens with one attached hydrogen (secondary N) is 1. The quantitative estimate of drug-likeness (QED) is 0.471. The molecule has 5 rings (SSSR count). The second-order valence-corrected chi connectivity index (χ2v) is 8.06. The van der Waals surface area contributed by atoms with Crippen molar-refractivity contribution in [1.29, 1.82) is 0 Å². The molecule has 1 aliphatic rings. The summed E-state index contributed by atoms with van der Waals surface area (Å²) in [5.41, 5.74) is 5.23. The molecule has 4 heterocycles. The van der Waals surface area contributed by atoms with Gasteiger partial charge in [0.25, 0.3) is 0 Å². The van der Waals surface area contributed by atoms with E-state index in [-0.39, 0.29) is 12.1 Å². The molecule has 2 atom stereocenters. The molecule has 0 amide bonds. The van der Waals surface area contributed by atoms with Crippen LogP contribution < -0.4 is 15.0 Å². The van der Waals surface area contributed by atoms with E-state index < -0.39 is 0 Å². The van der Waals surface area contributed by atoms with Gasteiger partial charge < -0.3 is 15.0 Å². The van der Waals surface area contributed by atoms with Crippen molar-refractivity contribution in [2.45, 2.75) is 25.9 Å². The predicted molar refractivity (Wildman–Crippen MR) is 126 cm³/mol. The summed E-state index contributed by atoms with van der Waals surface area (Å²) in [7, 11) is 1.66. The van der Waals surface area contributed by atoms with E-state index in [0.717, 1.165) is 34.1 Å². The molecule has 0 saturated carbocycles. The third kappa shape index (κ3) is 3.31. The van der Waals surface area contributed by atoms with Crippen molar-refractivity contribution >= 4 is 23.0 Å². The van der Waals surface area contributed by atoms with Crippen LogP contribution in [0.25, 0.3) is 0 Å². The van der Waals surface area contributed by atoms with Gasteiger partial charge in [-0.1, -0.05) is 6.07 Å². The molecule has 1 fully saturated rings. The fourth-order valence-electron chi connectivity index (χ4n) is 4.42. The summed E-state index contributed by atoms with van der Waals surface area (Å²) >= 11 is 5.82. The number of nitrogens with zero attached hydrogens (tertiary/aromatic N) is 6. The molecular formula is C23H23N7OS. The second kappa shape index (κ2) is 8.08. The Kier molecular flexibility index (Phi) is 5.10. The Bertz CT molecular complexity index is 1240. The number of benzene rings is 1. The fraction of sp³-hybridized carbons (Fsp3) is 0.217. The van der Waals surface area contributed by atoms with Crippen molar-refractivity contribution in [3.05, 3.63) is 90.0 Å². The van der Waals surface area contributed by atoms with Crippen molar-refractivity contribution in [1.82, 2.24) is 29.9 Å². The monoisotopic (exact) mass is 445 g/mol. The maximum absolute atomic E-state index is 5.82. The number of methoxy groups -OCH3 is 1. The molecule has 0 aliphatic carbocycles. The van der Waals surface area contributed by atoms with Crippen LogP contribution in [0.5, 0.6) is 5.75 Å². The topological polar surface area (TPSA) is 73.0 Å². The zero-order chi connectivity index (χ0) is 22.2. The molecule has 0 bridgehead atoms. The normalized spacial score (nSPS) is 18.1. The van der Waals surface area contributed by atoms with Gasteiger partial charge >= 0.3 is 0 Å². The Morgan fingerprint density at radius 3 is 2.44 bits per heavy atom. The lowest BCUT2D eigenvalue weighted by atomic mass is 9.96. The van der Waals surface area contributed by atoms with Gasteiger partial charge in [-0.05, 0) is 68.5 Å². The smallest absolute Gasteiger partial charge is 0.174 e. The van der Waals surface area contributed by atoms with Gasteiger partial charge in [0.15, 0.2) is 5.11 Å². The number of hydrogen-bond acceptors (Lipinski definition) is 5. The molecule has 162 valence electrons. The molecule has 1 saturated heterocycles. The predicted octanol–water partition coefficient (Wildman–Crippen LogP) is 3.59. The Morgan fingerprint density at radius 2 is 1.78 bits per heavy atom. The zero-order valence-corrected chi connectivity index (χ0v) is 18.8. The molecule has 32 heavy (non-hydrogen) atoms. The summed E-state index contributed by atoms with van der Waals surface area (Å²) in [6, 6.07) is 15.9. The highest BCUT2D eigenvalue weighted by atomic mass is 32.1. The summed E-state index contributed by atoms with van der Waals surface area (Å²) < 4.78 is 9.32. The minimum atomic E-state index is -0.110. The summed E-state index contributed by atoms with van der Waals surface area (Å²) in [6.45, 7) is 4.18. The van der Waals surface area contributed by atoms with E-state index in [1.54, 1.807) is 19.8 Å². The third-order valence-electron chi connectivity index (χ3n) is 5.84. The molecule has 1 aromatic carbocycles. The van der Waals surface area contributed by atoms with Gasteiger partial charge in [0.2, 0.25) is 0 Å². The number of hydrogen-bond donors (Lipinski definition) is 1. The zero-order valence-electron chi connectivity index (χ0n) is 18.0. The van der Waals surface area contributed by atoms with Crippen LogP contribution in [0.15, 0.2) is 67.4 Å². The largest absolute Gasteiger partial charge is 0.497 e. The molecule has 4 aromatic rings. The third-order valence-corrected chi connectivity index (χ3v) is 6.15. The highest BCUT2D eigenvalue weighted by molar-refractivity contribution is 7.80. The number of rotatable bonds is 5. The molecule has 0 unspecified atom stereocenters. The first-order chi connectivity index (χ1) is 15.6. The van der Waals surface area contributed by atoms with Crippen LogP contribution in [0, 0.1) is 13.8 Å². The van der Waals surface area contributed by atoms with Crippen LogP contribution in [0.2, 0.25) is 0 Å². The molecule has 0 spiro atoms. The Morgan fingerprint density at radius 1 is 1.03 bits per heavy atom. The van der Waals surface area contributed by atoms with Crippen LogP contribution in [0.1, 0.15) is 34.7 Å². The van der Waals surface area contributed by atoms with Gasteiger partial charge in [0.05, 0.1) is 24.9 Å². The highest BCUT2D eigenvalue weighted by Gasteiger charge is 2.42. The van der Waals surface area contributed by atoms with Crippen molar-refractivity contribution in [2.24, 2.45) is 0 Å². The van der Waals surface area contributed by atoms with Crippen LogP contribution in [-0.2, 0) is 0 Å². The number of ether oxygens (including phenoxy) is 1. The van der Waals surface area contributed by atoms with Crippen LogP contribution in [-0.4, -0.2) is 36.8 Å². The maximum Gasteiger partial charge on any atom is 0.174 e. The van der Waals surface area contributed by atoms with E-state index in [1.165, 1.54) is 0 Å². The lowest BCUT2D eigenvalue weighted by Gasteiger charge is -2.28. The molecule has 1 aliphatic heterocycles. The molecule has 0 radical (unpaired) electrons. The first kappa shape index (κ1) is 20.2. The second-order valence-electron chi connectivity index (χ2n) is 7.67. The lowest BCUT2D eigenvalue weighted by Crippen LogP contribution is -2.29. The minimum absolute atomic E-state index is 0.0952. The minimum Gasteiger partial charge on any atom is -0.497 e. The average molecular weight is 446 g/mol. The molecule has 9 heteroatoms. The molecular weight excluding hydrogens is 422 g/mol. The maximum atomic E-state index is 5.82. The van der Waals surface area contributed by atoms with E-state index in [0.29, 0.717) is 5.11 Å². The fourth-order valence-corrected chi connectivity index (χ4v) is 4.77. The van der Waals surface area contributed by atoms with Gasteiger partial charge in [0, 0.05) is 28.8 Å². The first-order valence-electron chi connectivity index (χ1n) is 10.3. The van der Waals surface area contributed by atoms with Gasteiger partial charge in [-0.2, -0.15) is 0 Å². The van der Waals surface area contributed by atoms with Crippen LogP contribution >= 0.6 is 12.2 Å².